The number of nitrogens with zero attached hydrogens (tertiary/aromatic N) is 3. The molecule has 0 fully saturated rings. The number of rotatable bonds is 5. The van der Waals surface area contributed by atoms with Crippen molar-refractivity contribution in [2.24, 2.45) is 11.3 Å². The van der Waals surface area contributed by atoms with Crippen LogP contribution in [0.5, 0.6) is 0 Å². The predicted molar refractivity (Wildman–Crippen MR) is 72.8 cm³/mol. The minimum absolute atomic E-state index is 0.0376. The second-order valence-electron chi connectivity index (χ2n) is 5.76. The first-order valence-electron chi connectivity index (χ1n) is 6.50. The zero-order valence-corrected chi connectivity index (χ0v) is 12.1. The number of furan rings is 1. The molecule has 20 heavy (non-hydrogen) atoms. The Labute approximate surface area is 117 Å². The van der Waals surface area contributed by atoms with Crippen LogP contribution < -0.4 is 5.32 Å². The quantitative estimate of drug-likeness (QED) is 0.869. The highest BCUT2D eigenvalue weighted by Gasteiger charge is 2.23. The number of H-pyrrole nitrogens is 1. The molecule has 0 saturated heterocycles. The van der Waals surface area contributed by atoms with Crippen molar-refractivity contribution < 1.29 is 9.21 Å². The van der Waals surface area contributed by atoms with Crippen molar-refractivity contribution in [3.63, 3.8) is 0 Å². The van der Waals surface area contributed by atoms with Crippen LogP contribution >= 0.6 is 0 Å². The van der Waals surface area contributed by atoms with Crippen LogP contribution in [0.2, 0.25) is 0 Å². The molecule has 1 amide bonds. The van der Waals surface area contributed by atoms with E-state index in [1.807, 2.05) is 0 Å². The Balaban J connectivity index is 2.00. The maximum Gasteiger partial charge on any atom is 0.254 e. The molecule has 0 atom stereocenters. The predicted octanol–water partition coefficient (Wildman–Crippen LogP) is 1.87. The van der Waals surface area contributed by atoms with Crippen LogP contribution in [0.3, 0.4) is 0 Å². The van der Waals surface area contributed by atoms with Gasteiger partial charge in [0, 0.05) is 12.6 Å². The topological polar surface area (TPSA) is 96.7 Å². The summed E-state index contributed by atoms with van der Waals surface area (Å²) < 4.78 is 5.26. The average Bonchev–Trinajstić information content (AvgIpc) is 3.05. The van der Waals surface area contributed by atoms with E-state index in [0.29, 0.717) is 29.6 Å². The molecule has 0 aliphatic rings. The van der Waals surface area contributed by atoms with E-state index in [1.54, 1.807) is 6.07 Å². The van der Waals surface area contributed by atoms with Crippen LogP contribution in [-0.4, -0.2) is 33.1 Å². The van der Waals surface area contributed by atoms with Crippen LogP contribution in [0.4, 0.5) is 0 Å². The van der Waals surface area contributed by atoms with E-state index >= 15 is 0 Å². The molecule has 2 N–H and O–H groups in total. The van der Waals surface area contributed by atoms with Crippen LogP contribution in [0, 0.1) is 11.3 Å². The van der Waals surface area contributed by atoms with Crippen LogP contribution in [0.15, 0.2) is 16.7 Å². The molecular weight excluding hydrogens is 258 g/mol. The summed E-state index contributed by atoms with van der Waals surface area (Å²) in [5.41, 5.74) is 0.486. The summed E-state index contributed by atoms with van der Waals surface area (Å²) >= 11 is 0. The molecular formula is C13H19N5O2. The van der Waals surface area contributed by atoms with E-state index < -0.39 is 0 Å². The number of nitrogens with one attached hydrogen (secondary N) is 2. The third-order valence-corrected chi connectivity index (χ3v) is 3.69. The van der Waals surface area contributed by atoms with Crippen molar-refractivity contribution in [1.29, 1.82) is 0 Å². The molecule has 7 nitrogen and oxygen atoms in total. The van der Waals surface area contributed by atoms with Gasteiger partial charge in [0.15, 0.2) is 5.76 Å². The number of hydrogen-bond acceptors (Lipinski definition) is 5. The van der Waals surface area contributed by atoms with Crippen molar-refractivity contribution in [3.05, 3.63) is 17.9 Å². The van der Waals surface area contributed by atoms with Gasteiger partial charge in [-0.25, -0.2) is 0 Å². The molecule has 0 aliphatic carbocycles. The van der Waals surface area contributed by atoms with Crippen molar-refractivity contribution in [2.75, 3.05) is 6.54 Å². The van der Waals surface area contributed by atoms with Gasteiger partial charge in [-0.05, 0) is 16.5 Å². The Morgan fingerprint density at radius 1 is 1.50 bits per heavy atom. The maximum absolute atomic E-state index is 12.1. The molecule has 2 rings (SSSR count). The Hall–Kier alpha value is -2.18. The Morgan fingerprint density at radius 2 is 2.25 bits per heavy atom. The van der Waals surface area contributed by atoms with E-state index in [2.05, 4.69) is 53.6 Å². The number of carbonyl (C=O) groups is 1. The SMILES string of the molecule is CC(C)C(C)(C)CNC(=O)c1coc(-c2nn[nH]n2)c1. The fourth-order valence-corrected chi connectivity index (χ4v) is 1.45. The Morgan fingerprint density at radius 3 is 2.85 bits per heavy atom. The van der Waals surface area contributed by atoms with E-state index in [4.69, 9.17) is 4.42 Å². The van der Waals surface area contributed by atoms with Gasteiger partial charge in [-0.1, -0.05) is 27.7 Å². The molecule has 0 spiro atoms. The first kappa shape index (κ1) is 14.2. The lowest BCUT2D eigenvalue weighted by molar-refractivity contribution is 0.0924. The number of hydrogen-bond donors (Lipinski definition) is 2. The second-order valence-corrected chi connectivity index (χ2v) is 5.76. The maximum atomic E-state index is 12.1. The minimum Gasteiger partial charge on any atom is -0.460 e. The van der Waals surface area contributed by atoms with Crippen molar-refractivity contribution in [3.8, 4) is 11.6 Å². The molecule has 0 aliphatic heterocycles. The number of amides is 1. The fraction of sp³-hybridized carbons (Fsp3) is 0.538. The summed E-state index contributed by atoms with van der Waals surface area (Å²) in [5, 5.41) is 16.3. The van der Waals surface area contributed by atoms with Gasteiger partial charge >= 0.3 is 0 Å². The molecule has 108 valence electrons. The van der Waals surface area contributed by atoms with Gasteiger partial charge in [0.05, 0.1) is 5.56 Å². The van der Waals surface area contributed by atoms with Gasteiger partial charge in [-0.3, -0.25) is 4.79 Å². The highest BCUT2D eigenvalue weighted by atomic mass is 16.3. The average molecular weight is 277 g/mol. The lowest BCUT2D eigenvalue weighted by Gasteiger charge is -2.29. The van der Waals surface area contributed by atoms with Gasteiger partial charge in [0.2, 0.25) is 5.82 Å². The van der Waals surface area contributed by atoms with Gasteiger partial charge in [0.1, 0.15) is 6.26 Å². The number of carbonyl (C=O) groups excluding carboxylic acids is 1. The molecule has 0 unspecified atom stereocenters. The van der Waals surface area contributed by atoms with E-state index in [0.717, 1.165) is 0 Å². The zero-order chi connectivity index (χ0) is 14.8. The van der Waals surface area contributed by atoms with Crippen LogP contribution in [-0.2, 0) is 0 Å². The van der Waals surface area contributed by atoms with Crippen LogP contribution in [0.1, 0.15) is 38.1 Å². The number of aromatic amines is 1. The van der Waals surface area contributed by atoms with Crippen molar-refractivity contribution >= 4 is 5.91 Å². The fourth-order valence-electron chi connectivity index (χ4n) is 1.45. The van der Waals surface area contributed by atoms with Crippen LogP contribution in [0.25, 0.3) is 11.6 Å². The number of tetrazole rings is 1. The normalized spacial score (nSPS) is 11.8. The van der Waals surface area contributed by atoms with Gasteiger partial charge in [-0.15, -0.1) is 10.2 Å². The molecule has 0 saturated carbocycles. The summed E-state index contributed by atoms with van der Waals surface area (Å²) in [6, 6.07) is 1.60. The highest BCUT2D eigenvalue weighted by molar-refractivity contribution is 5.94. The standard InChI is InChI=1S/C13H19N5O2/c1-8(2)13(3,4)7-14-12(19)9-5-10(20-6-9)11-15-17-18-16-11/h5-6,8H,7H2,1-4H3,(H,14,19)(H,15,16,17,18). The first-order valence-corrected chi connectivity index (χ1v) is 6.50. The largest absolute Gasteiger partial charge is 0.460 e. The minimum atomic E-state index is -0.169. The van der Waals surface area contributed by atoms with Gasteiger partial charge < -0.3 is 9.73 Å². The van der Waals surface area contributed by atoms with Gasteiger partial charge in [-0.2, -0.15) is 5.21 Å². The van der Waals surface area contributed by atoms with Crippen molar-refractivity contribution in [2.45, 2.75) is 27.7 Å². The monoisotopic (exact) mass is 277 g/mol. The summed E-state index contributed by atoms with van der Waals surface area (Å²) in [5.74, 6) is 1.04. The summed E-state index contributed by atoms with van der Waals surface area (Å²) in [6.07, 6.45) is 1.39. The second kappa shape index (κ2) is 5.44. The lowest BCUT2D eigenvalue weighted by atomic mass is 9.81. The first-order chi connectivity index (χ1) is 9.40. The highest BCUT2D eigenvalue weighted by Crippen LogP contribution is 2.25. The Kier molecular flexibility index (Phi) is 3.87. The summed E-state index contributed by atoms with van der Waals surface area (Å²) in [6.45, 7) is 9.12. The molecule has 2 aromatic rings. The summed E-state index contributed by atoms with van der Waals surface area (Å²) in [4.78, 5) is 12.1. The summed E-state index contributed by atoms with van der Waals surface area (Å²) in [7, 11) is 0. The van der Waals surface area contributed by atoms with E-state index in [1.165, 1.54) is 6.26 Å². The van der Waals surface area contributed by atoms with E-state index in [-0.39, 0.29) is 11.3 Å². The third kappa shape index (κ3) is 3.04. The Bertz CT molecular complexity index is 571. The smallest absolute Gasteiger partial charge is 0.254 e. The molecule has 0 aromatic carbocycles. The number of aromatic nitrogens is 4. The third-order valence-electron chi connectivity index (χ3n) is 3.69. The molecule has 0 radical (unpaired) electrons. The van der Waals surface area contributed by atoms with Gasteiger partial charge in [0.25, 0.3) is 5.91 Å². The van der Waals surface area contributed by atoms with Crippen molar-refractivity contribution in [1.82, 2.24) is 25.9 Å². The zero-order valence-electron chi connectivity index (χ0n) is 12.1. The molecule has 2 aromatic heterocycles. The van der Waals surface area contributed by atoms with E-state index in [9.17, 15) is 4.79 Å². The molecule has 0 bridgehead atoms. The molecule has 2 heterocycles. The lowest BCUT2D eigenvalue weighted by Crippen LogP contribution is -2.36. The molecule has 7 heteroatoms.